The van der Waals surface area contributed by atoms with Gasteiger partial charge in [0.15, 0.2) is 17.6 Å². The second kappa shape index (κ2) is 8.33. The first-order valence-corrected chi connectivity index (χ1v) is 9.41. The van der Waals surface area contributed by atoms with Gasteiger partial charge in [-0.3, -0.25) is 4.79 Å². The molecule has 0 saturated carbocycles. The van der Waals surface area contributed by atoms with Gasteiger partial charge in [0.1, 0.15) is 5.75 Å². The van der Waals surface area contributed by atoms with Crippen molar-refractivity contribution in [1.82, 2.24) is 5.32 Å². The van der Waals surface area contributed by atoms with E-state index in [0.29, 0.717) is 18.1 Å². The van der Waals surface area contributed by atoms with Gasteiger partial charge in [0.2, 0.25) is 0 Å². The summed E-state index contributed by atoms with van der Waals surface area (Å²) >= 11 is 0. The summed E-state index contributed by atoms with van der Waals surface area (Å²) in [6.07, 6.45) is 0.415. The summed E-state index contributed by atoms with van der Waals surface area (Å²) in [5.41, 5.74) is 2.02. The molecule has 2 aromatic carbocycles. The van der Waals surface area contributed by atoms with Gasteiger partial charge in [-0.25, -0.2) is 0 Å². The van der Waals surface area contributed by atoms with E-state index in [0.717, 1.165) is 23.3 Å². The topological polar surface area (TPSA) is 56.8 Å². The fourth-order valence-electron chi connectivity index (χ4n) is 3.31. The molecule has 0 fully saturated rings. The van der Waals surface area contributed by atoms with E-state index in [9.17, 15) is 4.79 Å². The van der Waals surface area contributed by atoms with Crippen molar-refractivity contribution in [2.45, 2.75) is 45.3 Å². The van der Waals surface area contributed by atoms with Gasteiger partial charge in [-0.05, 0) is 37.1 Å². The monoisotopic (exact) mass is 369 g/mol. The van der Waals surface area contributed by atoms with E-state index < -0.39 is 6.10 Å². The van der Waals surface area contributed by atoms with Crippen LogP contribution in [0.3, 0.4) is 0 Å². The first-order chi connectivity index (χ1) is 13.0. The predicted octanol–water partition coefficient (Wildman–Crippen LogP) is 4.23. The molecular formula is C22H27NO4. The van der Waals surface area contributed by atoms with Gasteiger partial charge in [-0.2, -0.15) is 0 Å². The molecule has 1 aliphatic heterocycles. The lowest BCUT2D eigenvalue weighted by Gasteiger charge is -2.20. The lowest BCUT2D eigenvalue weighted by Crippen LogP contribution is -2.40. The normalized spacial score (nSPS) is 19.0. The molecule has 0 aliphatic carbocycles. The summed E-state index contributed by atoms with van der Waals surface area (Å²) in [6.45, 7) is 6.66. The zero-order valence-electron chi connectivity index (χ0n) is 16.3. The first kappa shape index (κ1) is 19.1. The Bertz CT molecular complexity index is 805. The number of hydrogen-bond acceptors (Lipinski definition) is 4. The standard InChI is InChI=1S/C22H27NO4/c1-5-12-26-19-11-10-16(13-20(19)25-4)15(3)23-22(24)21-14(2)17-8-6-7-9-18(17)27-21/h6-11,13-15,21H,5,12H2,1-4H3,(H,23,24). The minimum Gasteiger partial charge on any atom is -0.493 e. The molecule has 3 rings (SSSR count). The number of fused-ring (bicyclic) bond motifs is 1. The van der Waals surface area contributed by atoms with E-state index in [4.69, 9.17) is 14.2 Å². The van der Waals surface area contributed by atoms with Gasteiger partial charge in [-0.15, -0.1) is 0 Å². The van der Waals surface area contributed by atoms with E-state index in [-0.39, 0.29) is 17.9 Å². The van der Waals surface area contributed by atoms with E-state index in [1.807, 2.05) is 56.3 Å². The maximum atomic E-state index is 12.8. The lowest BCUT2D eigenvalue weighted by molar-refractivity contribution is -0.128. The van der Waals surface area contributed by atoms with Gasteiger partial charge >= 0.3 is 0 Å². The molecule has 1 aliphatic rings. The number of methoxy groups -OCH3 is 1. The summed E-state index contributed by atoms with van der Waals surface area (Å²) in [5.74, 6) is 2.07. The van der Waals surface area contributed by atoms with Crippen molar-refractivity contribution in [3.05, 3.63) is 53.6 Å². The van der Waals surface area contributed by atoms with Gasteiger partial charge < -0.3 is 19.5 Å². The van der Waals surface area contributed by atoms with Crippen LogP contribution in [0.4, 0.5) is 0 Å². The number of carbonyl (C=O) groups is 1. The van der Waals surface area contributed by atoms with Crippen LogP contribution in [0.2, 0.25) is 0 Å². The van der Waals surface area contributed by atoms with Crippen LogP contribution in [0.5, 0.6) is 17.2 Å². The maximum absolute atomic E-state index is 12.8. The highest BCUT2D eigenvalue weighted by molar-refractivity contribution is 5.83. The summed E-state index contributed by atoms with van der Waals surface area (Å²) in [7, 11) is 1.62. The molecule has 27 heavy (non-hydrogen) atoms. The van der Waals surface area contributed by atoms with Crippen molar-refractivity contribution in [2.75, 3.05) is 13.7 Å². The number of nitrogens with one attached hydrogen (secondary N) is 1. The molecule has 0 saturated heterocycles. The Kier molecular flexibility index (Phi) is 5.89. The average Bonchev–Trinajstić information content (AvgIpc) is 3.03. The molecule has 0 aromatic heterocycles. The molecule has 0 spiro atoms. The molecule has 3 atom stereocenters. The predicted molar refractivity (Wildman–Crippen MR) is 105 cm³/mol. The number of hydrogen-bond donors (Lipinski definition) is 1. The zero-order chi connectivity index (χ0) is 19.4. The summed E-state index contributed by atoms with van der Waals surface area (Å²) in [4.78, 5) is 12.8. The molecule has 5 heteroatoms. The quantitative estimate of drug-likeness (QED) is 0.794. The molecular weight excluding hydrogens is 342 g/mol. The zero-order valence-corrected chi connectivity index (χ0v) is 16.3. The van der Waals surface area contributed by atoms with E-state index in [1.165, 1.54) is 0 Å². The Morgan fingerprint density at radius 3 is 2.70 bits per heavy atom. The van der Waals surface area contributed by atoms with Crippen LogP contribution in [0.15, 0.2) is 42.5 Å². The molecule has 144 valence electrons. The third-order valence-electron chi connectivity index (χ3n) is 4.88. The molecule has 1 heterocycles. The van der Waals surface area contributed by atoms with Gasteiger partial charge in [-0.1, -0.05) is 38.1 Å². The van der Waals surface area contributed by atoms with Crippen LogP contribution in [0.1, 0.15) is 50.3 Å². The largest absolute Gasteiger partial charge is 0.493 e. The molecule has 0 radical (unpaired) electrons. The third-order valence-corrected chi connectivity index (χ3v) is 4.88. The Morgan fingerprint density at radius 1 is 1.22 bits per heavy atom. The Balaban J connectivity index is 1.68. The van der Waals surface area contributed by atoms with Crippen molar-refractivity contribution in [2.24, 2.45) is 0 Å². The second-order valence-electron chi connectivity index (χ2n) is 6.85. The Morgan fingerprint density at radius 2 is 2.00 bits per heavy atom. The molecule has 2 aromatic rings. The number of carbonyl (C=O) groups excluding carboxylic acids is 1. The van der Waals surface area contributed by atoms with Crippen molar-refractivity contribution in [3.8, 4) is 17.2 Å². The van der Waals surface area contributed by atoms with Crippen molar-refractivity contribution >= 4 is 5.91 Å². The number of amides is 1. The highest BCUT2D eigenvalue weighted by Crippen LogP contribution is 2.38. The summed E-state index contributed by atoms with van der Waals surface area (Å²) < 4.78 is 17.0. The molecule has 1 N–H and O–H groups in total. The fraction of sp³-hybridized carbons (Fsp3) is 0.409. The fourth-order valence-corrected chi connectivity index (χ4v) is 3.31. The Hall–Kier alpha value is -2.69. The van der Waals surface area contributed by atoms with E-state index >= 15 is 0 Å². The van der Waals surface area contributed by atoms with Crippen LogP contribution in [0.25, 0.3) is 0 Å². The highest BCUT2D eigenvalue weighted by atomic mass is 16.5. The van der Waals surface area contributed by atoms with E-state index in [1.54, 1.807) is 7.11 Å². The summed E-state index contributed by atoms with van der Waals surface area (Å²) in [6, 6.07) is 13.4. The number of benzene rings is 2. The van der Waals surface area contributed by atoms with Crippen molar-refractivity contribution in [3.63, 3.8) is 0 Å². The number of rotatable bonds is 7. The maximum Gasteiger partial charge on any atom is 0.262 e. The highest BCUT2D eigenvalue weighted by Gasteiger charge is 2.36. The van der Waals surface area contributed by atoms with Gasteiger partial charge in [0, 0.05) is 11.5 Å². The molecule has 5 nitrogen and oxygen atoms in total. The SMILES string of the molecule is CCCOc1ccc(C(C)NC(=O)C2Oc3ccccc3C2C)cc1OC. The van der Waals surface area contributed by atoms with Crippen molar-refractivity contribution in [1.29, 1.82) is 0 Å². The minimum absolute atomic E-state index is 0.0211. The van der Waals surface area contributed by atoms with E-state index in [2.05, 4.69) is 12.2 Å². The van der Waals surface area contributed by atoms with Gasteiger partial charge in [0.25, 0.3) is 5.91 Å². The number of para-hydroxylation sites is 1. The van der Waals surface area contributed by atoms with Gasteiger partial charge in [0.05, 0.1) is 19.8 Å². The van der Waals surface area contributed by atoms with Crippen LogP contribution in [0, 0.1) is 0 Å². The van der Waals surface area contributed by atoms with Crippen LogP contribution < -0.4 is 19.5 Å². The Labute approximate surface area is 160 Å². The second-order valence-corrected chi connectivity index (χ2v) is 6.85. The van der Waals surface area contributed by atoms with Crippen molar-refractivity contribution < 1.29 is 19.0 Å². The van der Waals surface area contributed by atoms with Crippen LogP contribution in [-0.4, -0.2) is 25.7 Å². The molecule has 0 bridgehead atoms. The third kappa shape index (κ3) is 4.02. The lowest BCUT2D eigenvalue weighted by atomic mass is 9.97. The first-order valence-electron chi connectivity index (χ1n) is 9.41. The van der Waals surface area contributed by atoms with Crippen LogP contribution in [-0.2, 0) is 4.79 Å². The molecule has 3 unspecified atom stereocenters. The van der Waals surface area contributed by atoms with Crippen LogP contribution >= 0.6 is 0 Å². The molecule has 1 amide bonds. The minimum atomic E-state index is -0.515. The summed E-state index contributed by atoms with van der Waals surface area (Å²) in [5, 5.41) is 3.06. The average molecular weight is 369 g/mol. The smallest absolute Gasteiger partial charge is 0.262 e. The number of ether oxygens (including phenoxy) is 3.